The van der Waals surface area contributed by atoms with Gasteiger partial charge < -0.3 is 23.7 Å². The van der Waals surface area contributed by atoms with Crippen molar-refractivity contribution >= 4 is 39.8 Å². The van der Waals surface area contributed by atoms with Crippen molar-refractivity contribution in [2.24, 2.45) is 0 Å². The van der Waals surface area contributed by atoms with E-state index in [0.29, 0.717) is 0 Å². The third-order valence-corrected chi connectivity index (χ3v) is 3.86. The SMILES string of the molecule is CC(=O)OC[C@H]1O[C@@H](OC(C)=O)[C@@H](Br)[C@@H](OC(C)=O)[C@H]1OC(C)=O. The Morgan fingerprint density at radius 1 is 0.833 bits per heavy atom. The molecule has 0 aliphatic carbocycles. The standard InChI is InChI=1S/C14H19BrO9/c1-6(16)20-5-10-12(21-7(2)17)13(22-8(3)18)11(15)14(24-10)23-9(4)19/h10-14H,5H2,1-4H3/t10-,11+,12+,13-,14-/m1/s1. The number of halogens is 1. The first-order chi connectivity index (χ1) is 11.1. The quantitative estimate of drug-likeness (QED) is 0.362. The third-order valence-electron chi connectivity index (χ3n) is 2.91. The maximum absolute atomic E-state index is 11.4. The van der Waals surface area contributed by atoms with Gasteiger partial charge in [0.05, 0.1) is 0 Å². The average molecular weight is 411 g/mol. The maximum atomic E-state index is 11.4. The lowest BCUT2D eigenvalue weighted by Gasteiger charge is -2.42. The van der Waals surface area contributed by atoms with E-state index in [1.165, 1.54) is 27.7 Å². The molecular formula is C14H19BrO9. The lowest BCUT2D eigenvalue weighted by molar-refractivity contribution is -0.255. The molecule has 5 atom stereocenters. The Hall–Kier alpha value is -1.68. The molecule has 0 aromatic rings. The van der Waals surface area contributed by atoms with Crippen LogP contribution < -0.4 is 0 Å². The molecule has 136 valence electrons. The fourth-order valence-electron chi connectivity index (χ4n) is 2.12. The van der Waals surface area contributed by atoms with E-state index in [4.69, 9.17) is 23.7 Å². The summed E-state index contributed by atoms with van der Waals surface area (Å²) in [5.41, 5.74) is 0. The molecule has 1 saturated heterocycles. The Morgan fingerprint density at radius 2 is 1.33 bits per heavy atom. The molecule has 0 aromatic carbocycles. The number of carbonyl (C=O) groups excluding carboxylic acids is 4. The van der Waals surface area contributed by atoms with E-state index in [2.05, 4.69) is 15.9 Å². The minimum absolute atomic E-state index is 0.275. The smallest absolute Gasteiger partial charge is 0.304 e. The summed E-state index contributed by atoms with van der Waals surface area (Å²) in [5.74, 6) is -2.46. The summed E-state index contributed by atoms with van der Waals surface area (Å²) >= 11 is 3.24. The van der Waals surface area contributed by atoms with Gasteiger partial charge in [-0.1, -0.05) is 15.9 Å². The Labute approximate surface area is 147 Å². The fraction of sp³-hybridized carbons (Fsp3) is 0.714. The Kier molecular flexibility index (Phi) is 7.61. The average Bonchev–Trinajstić information content (AvgIpc) is 2.42. The van der Waals surface area contributed by atoms with Gasteiger partial charge in [0, 0.05) is 27.7 Å². The highest BCUT2D eigenvalue weighted by molar-refractivity contribution is 9.09. The van der Waals surface area contributed by atoms with Gasteiger partial charge in [0.1, 0.15) is 17.5 Å². The van der Waals surface area contributed by atoms with Crippen molar-refractivity contribution in [2.75, 3.05) is 6.61 Å². The van der Waals surface area contributed by atoms with E-state index < -0.39 is 53.3 Å². The molecule has 0 saturated carbocycles. The van der Waals surface area contributed by atoms with Gasteiger partial charge in [0.25, 0.3) is 0 Å². The topological polar surface area (TPSA) is 114 Å². The lowest BCUT2D eigenvalue weighted by atomic mass is 10.0. The number of ether oxygens (including phenoxy) is 5. The highest BCUT2D eigenvalue weighted by atomic mass is 79.9. The molecule has 24 heavy (non-hydrogen) atoms. The maximum Gasteiger partial charge on any atom is 0.304 e. The van der Waals surface area contributed by atoms with Crippen LogP contribution in [0.25, 0.3) is 0 Å². The van der Waals surface area contributed by atoms with Gasteiger partial charge in [-0.25, -0.2) is 0 Å². The summed E-state index contributed by atoms with van der Waals surface area (Å²) in [7, 11) is 0. The van der Waals surface area contributed by atoms with E-state index in [0.717, 1.165) is 0 Å². The van der Waals surface area contributed by atoms with Crippen LogP contribution in [0.5, 0.6) is 0 Å². The summed E-state index contributed by atoms with van der Waals surface area (Å²) in [6.45, 7) is 4.47. The number of alkyl halides is 1. The van der Waals surface area contributed by atoms with Crippen LogP contribution >= 0.6 is 15.9 Å². The third kappa shape index (κ3) is 6.08. The van der Waals surface area contributed by atoms with Crippen LogP contribution in [0.2, 0.25) is 0 Å². The van der Waals surface area contributed by atoms with Crippen LogP contribution in [-0.4, -0.2) is 59.9 Å². The van der Waals surface area contributed by atoms with Gasteiger partial charge in [0.15, 0.2) is 12.2 Å². The van der Waals surface area contributed by atoms with Crippen molar-refractivity contribution in [1.29, 1.82) is 0 Å². The molecule has 1 heterocycles. The summed E-state index contributed by atoms with van der Waals surface area (Å²) in [5, 5.41) is 0. The van der Waals surface area contributed by atoms with E-state index in [1.807, 2.05) is 0 Å². The van der Waals surface area contributed by atoms with Gasteiger partial charge in [-0.3, -0.25) is 19.2 Å². The minimum Gasteiger partial charge on any atom is -0.463 e. The first-order valence-electron chi connectivity index (χ1n) is 7.06. The number of carbonyl (C=O) groups is 4. The van der Waals surface area contributed by atoms with Gasteiger partial charge in [-0.15, -0.1) is 0 Å². The molecule has 0 radical (unpaired) electrons. The summed E-state index contributed by atoms with van der Waals surface area (Å²) in [4.78, 5) is 44.2. The molecule has 1 fully saturated rings. The highest BCUT2D eigenvalue weighted by Gasteiger charge is 2.50. The number of hydrogen-bond donors (Lipinski definition) is 0. The molecule has 1 rings (SSSR count). The second kappa shape index (κ2) is 8.97. The second-order valence-corrected chi connectivity index (χ2v) is 6.10. The van der Waals surface area contributed by atoms with Gasteiger partial charge in [0.2, 0.25) is 6.29 Å². The van der Waals surface area contributed by atoms with Crippen LogP contribution in [0, 0.1) is 0 Å². The Balaban J connectivity index is 3.08. The first-order valence-corrected chi connectivity index (χ1v) is 7.98. The largest absolute Gasteiger partial charge is 0.463 e. The van der Waals surface area contributed by atoms with E-state index in [1.54, 1.807) is 0 Å². The van der Waals surface area contributed by atoms with Crippen molar-refractivity contribution in [1.82, 2.24) is 0 Å². The molecule has 1 aliphatic rings. The van der Waals surface area contributed by atoms with E-state index in [9.17, 15) is 19.2 Å². The zero-order valence-electron chi connectivity index (χ0n) is 13.6. The molecule has 9 nitrogen and oxygen atoms in total. The molecule has 0 unspecified atom stereocenters. The zero-order valence-corrected chi connectivity index (χ0v) is 15.2. The van der Waals surface area contributed by atoms with Crippen LogP contribution in [-0.2, 0) is 42.9 Å². The monoisotopic (exact) mass is 410 g/mol. The van der Waals surface area contributed by atoms with Crippen LogP contribution in [0.1, 0.15) is 27.7 Å². The fourth-order valence-corrected chi connectivity index (χ4v) is 2.76. The van der Waals surface area contributed by atoms with Crippen molar-refractivity contribution in [3.05, 3.63) is 0 Å². The molecule has 0 bridgehead atoms. The second-order valence-electron chi connectivity index (χ2n) is 5.05. The lowest BCUT2D eigenvalue weighted by Crippen LogP contribution is -2.60. The normalized spacial score (nSPS) is 29.3. The predicted molar refractivity (Wildman–Crippen MR) is 80.9 cm³/mol. The number of rotatable bonds is 5. The molecule has 0 spiro atoms. The number of esters is 4. The van der Waals surface area contributed by atoms with Gasteiger partial charge in [-0.05, 0) is 0 Å². The minimum atomic E-state index is -1.13. The predicted octanol–water partition coefficient (Wildman–Crippen LogP) is 0.464. The van der Waals surface area contributed by atoms with Crippen molar-refractivity contribution in [3.8, 4) is 0 Å². The molecule has 1 aliphatic heterocycles. The molecule has 0 amide bonds. The highest BCUT2D eigenvalue weighted by Crippen LogP contribution is 2.32. The van der Waals surface area contributed by atoms with Gasteiger partial charge in [-0.2, -0.15) is 0 Å². The Morgan fingerprint density at radius 3 is 1.79 bits per heavy atom. The van der Waals surface area contributed by atoms with Crippen LogP contribution in [0.3, 0.4) is 0 Å². The van der Waals surface area contributed by atoms with Crippen molar-refractivity contribution in [3.63, 3.8) is 0 Å². The van der Waals surface area contributed by atoms with Crippen molar-refractivity contribution < 1.29 is 42.9 Å². The van der Waals surface area contributed by atoms with E-state index in [-0.39, 0.29) is 6.61 Å². The van der Waals surface area contributed by atoms with Crippen LogP contribution in [0.15, 0.2) is 0 Å². The molecule has 0 aromatic heterocycles. The van der Waals surface area contributed by atoms with E-state index >= 15 is 0 Å². The van der Waals surface area contributed by atoms with Gasteiger partial charge >= 0.3 is 23.9 Å². The van der Waals surface area contributed by atoms with Crippen LogP contribution in [0.4, 0.5) is 0 Å². The molecule has 0 N–H and O–H groups in total. The summed E-state index contributed by atoms with van der Waals surface area (Å²) in [6.07, 6.45) is -4.17. The molecule has 10 heteroatoms. The molecular weight excluding hydrogens is 392 g/mol. The zero-order chi connectivity index (χ0) is 18.4. The summed E-state index contributed by atoms with van der Waals surface area (Å²) < 4.78 is 25.8. The number of hydrogen-bond acceptors (Lipinski definition) is 9. The van der Waals surface area contributed by atoms with Crippen molar-refractivity contribution in [2.45, 2.75) is 57.1 Å². The summed E-state index contributed by atoms with van der Waals surface area (Å²) in [6, 6.07) is 0. The Bertz CT molecular complexity index is 490. The first kappa shape index (κ1) is 20.4.